The summed E-state index contributed by atoms with van der Waals surface area (Å²) in [5, 5.41) is 7.18. The monoisotopic (exact) mass is 383 g/mol. The zero-order valence-electron chi connectivity index (χ0n) is 14.8. The van der Waals surface area contributed by atoms with Gasteiger partial charge in [0.05, 0.1) is 17.8 Å². The van der Waals surface area contributed by atoms with Crippen molar-refractivity contribution in [3.8, 4) is 11.3 Å². The van der Waals surface area contributed by atoms with Crippen molar-refractivity contribution in [2.45, 2.75) is 13.7 Å². The molecule has 0 bridgehead atoms. The maximum absolute atomic E-state index is 14.2. The number of nitrogens with one attached hydrogen (secondary N) is 2. The van der Waals surface area contributed by atoms with Gasteiger partial charge in [0, 0.05) is 17.1 Å². The van der Waals surface area contributed by atoms with E-state index in [0.29, 0.717) is 27.5 Å². The maximum Gasteiger partial charge on any atom is 0.253 e. The van der Waals surface area contributed by atoms with Crippen LogP contribution >= 0.6 is 11.3 Å². The van der Waals surface area contributed by atoms with Crippen LogP contribution in [0, 0.1) is 12.7 Å². The molecule has 1 aromatic carbocycles. The highest BCUT2D eigenvalue weighted by Crippen LogP contribution is 2.28. The number of anilines is 1. The molecule has 2 heterocycles. The van der Waals surface area contributed by atoms with Gasteiger partial charge in [-0.2, -0.15) is 0 Å². The van der Waals surface area contributed by atoms with Gasteiger partial charge in [-0.05, 0) is 30.8 Å². The zero-order valence-corrected chi connectivity index (χ0v) is 15.6. The molecule has 1 radical (unpaired) electrons. The number of aryl methyl sites for hydroxylation is 1. The molecule has 2 aromatic heterocycles. The standard InChI is InChI=1S/C18H17BFN4O2S/c1-11-4-3-5-13(16(11)20)14-10-27-18(22-14)23-15(25)8-21-17(26)12-6-7-24(9-12)19-2/h3-7,9-10H,8H2,1-2H3,(H,21,26)(H,22,23,25). The van der Waals surface area contributed by atoms with Gasteiger partial charge in [-0.15, -0.1) is 11.3 Å². The van der Waals surface area contributed by atoms with Crippen molar-refractivity contribution >= 4 is 35.7 Å². The van der Waals surface area contributed by atoms with Crippen molar-refractivity contribution in [1.82, 2.24) is 14.8 Å². The third-order valence-corrected chi connectivity index (χ3v) is 4.66. The van der Waals surface area contributed by atoms with Gasteiger partial charge in [-0.25, -0.2) is 9.37 Å². The summed E-state index contributed by atoms with van der Waals surface area (Å²) in [6.07, 6.45) is 3.41. The second kappa shape index (κ2) is 8.17. The van der Waals surface area contributed by atoms with Crippen LogP contribution in [0.15, 0.2) is 42.0 Å². The Morgan fingerprint density at radius 2 is 2.15 bits per heavy atom. The normalized spacial score (nSPS) is 10.5. The maximum atomic E-state index is 14.2. The molecular weight excluding hydrogens is 366 g/mol. The van der Waals surface area contributed by atoms with E-state index >= 15 is 0 Å². The average Bonchev–Trinajstić information content (AvgIpc) is 3.31. The summed E-state index contributed by atoms with van der Waals surface area (Å²) < 4.78 is 15.9. The summed E-state index contributed by atoms with van der Waals surface area (Å²) in [5.41, 5.74) is 1.84. The summed E-state index contributed by atoms with van der Waals surface area (Å²) in [7, 11) is 1.81. The second-order valence-corrected chi connectivity index (χ2v) is 6.67. The van der Waals surface area contributed by atoms with Gasteiger partial charge in [0.15, 0.2) is 5.13 Å². The van der Waals surface area contributed by atoms with Crippen molar-refractivity contribution in [2.24, 2.45) is 0 Å². The minimum Gasteiger partial charge on any atom is -0.402 e. The summed E-state index contributed by atoms with van der Waals surface area (Å²) >= 11 is 1.19. The lowest BCUT2D eigenvalue weighted by Crippen LogP contribution is -2.32. The number of thiazole rings is 1. The largest absolute Gasteiger partial charge is 0.402 e. The summed E-state index contributed by atoms with van der Waals surface area (Å²) in [4.78, 5) is 28.3. The molecule has 0 fully saturated rings. The molecule has 9 heteroatoms. The molecule has 0 unspecified atom stereocenters. The third-order valence-electron chi connectivity index (χ3n) is 3.90. The van der Waals surface area contributed by atoms with Crippen LogP contribution in [0.2, 0.25) is 6.82 Å². The second-order valence-electron chi connectivity index (χ2n) is 5.81. The smallest absolute Gasteiger partial charge is 0.253 e. The van der Waals surface area contributed by atoms with Crippen LogP contribution in [0.25, 0.3) is 11.3 Å². The Morgan fingerprint density at radius 3 is 2.89 bits per heavy atom. The highest BCUT2D eigenvalue weighted by Gasteiger charge is 2.13. The topological polar surface area (TPSA) is 76.0 Å². The first-order chi connectivity index (χ1) is 13.0. The molecule has 0 saturated heterocycles. The summed E-state index contributed by atoms with van der Waals surface area (Å²) in [6, 6.07) is 6.74. The number of carbonyl (C=O) groups is 2. The Kier molecular flexibility index (Phi) is 5.70. The molecule has 137 valence electrons. The number of carbonyl (C=O) groups excluding carboxylic acids is 2. The first-order valence-electron chi connectivity index (χ1n) is 8.24. The molecular formula is C18H17BFN4O2S. The fourth-order valence-electron chi connectivity index (χ4n) is 2.43. The Labute approximate surface area is 160 Å². The van der Waals surface area contributed by atoms with Gasteiger partial charge >= 0.3 is 0 Å². The van der Waals surface area contributed by atoms with Gasteiger partial charge < -0.3 is 15.1 Å². The quantitative estimate of drug-likeness (QED) is 0.643. The number of hydrogen-bond donors (Lipinski definition) is 2. The van der Waals surface area contributed by atoms with Gasteiger partial charge in [0.25, 0.3) is 5.91 Å². The first-order valence-corrected chi connectivity index (χ1v) is 9.12. The Hall–Kier alpha value is -2.94. The summed E-state index contributed by atoms with van der Waals surface area (Å²) in [6.45, 7) is 3.34. The van der Waals surface area contributed by atoms with E-state index in [0.717, 1.165) is 0 Å². The van der Waals surface area contributed by atoms with Crippen LogP contribution in [0.1, 0.15) is 15.9 Å². The minimum atomic E-state index is -0.407. The highest BCUT2D eigenvalue weighted by molar-refractivity contribution is 7.14. The minimum absolute atomic E-state index is 0.187. The fourth-order valence-corrected chi connectivity index (χ4v) is 3.16. The molecule has 27 heavy (non-hydrogen) atoms. The number of rotatable bonds is 6. The van der Waals surface area contributed by atoms with Crippen molar-refractivity contribution in [1.29, 1.82) is 0 Å². The lowest BCUT2D eigenvalue weighted by atomic mass is 10.0. The van der Waals surface area contributed by atoms with Crippen molar-refractivity contribution in [3.05, 3.63) is 59.0 Å². The molecule has 0 aliphatic carbocycles. The Morgan fingerprint density at radius 1 is 1.33 bits per heavy atom. The number of halogens is 1. The van der Waals surface area contributed by atoms with Gasteiger partial charge in [0.1, 0.15) is 5.82 Å². The number of benzene rings is 1. The molecule has 3 rings (SSSR count). The number of amides is 2. The summed E-state index contributed by atoms with van der Waals surface area (Å²) in [5.74, 6) is -1.08. The first kappa shape index (κ1) is 18.8. The molecule has 0 saturated carbocycles. The Bertz CT molecular complexity index is 985. The van der Waals surface area contributed by atoms with Crippen LogP contribution < -0.4 is 10.6 Å². The molecule has 0 atom stereocenters. The van der Waals surface area contributed by atoms with Gasteiger partial charge in [0.2, 0.25) is 13.3 Å². The van der Waals surface area contributed by atoms with Gasteiger partial charge in [-0.1, -0.05) is 19.0 Å². The highest BCUT2D eigenvalue weighted by atomic mass is 32.1. The van der Waals surface area contributed by atoms with Crippen molar-refractivity contribution < 1.29 is 14.0 Å². The van der Waals surface area contributed by atoms with Crippen LogP contribution in [0.4, 0.5) is 9.52 Å². The molecule has 0 spiro atoms. The lowest BCUT2D eigenvalue weighted by molar-refractivity contribution is -0.115. The number of aromatic nitrogens is 2. The van der Waals surface area contributed by atoms with E-state index in [-0.39, 0.29) is 18.3 Å². The van der Waals surface area contributed by atoms with Gasteiger partial charge in [-0.3, -0.25) is 9.59 Å². The molecule has 6 nitrogen and oxygen atoms in total. The van der Waals surface area contributed by atoms with Crippen LogP contribution in [-0.2, 0) is 4.79 Å². The number of nitrogens with zero attached hydrogens (tertiary/aromatic N) is 2. The fraction of sp³-hybridized carbons (Fsp3) is 0.167. The molecule has 2 N–H and O–H groups in total. The van der Waals surface area contributed by atoms with E-state index in [2.05, 4.69) is 15.6 Å². The van der Waals surface area contributed by atoms with E-state index in [1.54, 1.807) is 60.9 Å². The third kappa shape index (κ3) is 4.43. The van der Waals surface area contributed by atoms with Crippen LogP contribution in [0.5, 0.6) is 0 Å². The van der Waals surface area contributed by atoms with Crippen molar-refractivity contribution in [2.75, 3.05) is 11.9 Å². The molecule has 3 aromatic rings. The molecule has 0 aliphatic heterocycles. The van der Waals surface area contributed by atoms with Crippen molar-refractivity contribution in [3.63, 3.8) is 0 Å². The Balaban J connectivity index is 1.58. The van der Waals surface area contributed by atoms with E-state index in [1.807, 2.05) is 6.82 Å². The molecule has 2 amide bonds. The van der Waals surface area contributed by atoms with E-state index in [1.165, 1.54) is 11.3 Å². The van der Waals surface area contributed by atoms with E-state index in [4.69, 9.17) is 0 Å². The SMILES string of the molecule is C[B]n1ccc(C(=O)NCC(=O)Nc2nc(-c3cccc(C)c3F)cs2)c1. The predicted molar refractivity (Wildman–Crippen MR) is 105 cm³/mol. The predicted octanol–water partition coefficient (Wildman–Crippen LogP) is 2.94. The molecule has 0 aliphatic rings. The lowest BCUT2D eigenvalue weighted by Gasteiger charge is -2.04. The van der Waals surface area contributed by atoms with E-state index in [9.17, 15) is 14.0 Å². The average molecular weight is 383 g/mol. The van der Waals surface area contributed by atoms with Crippen LogP contribution in [-0.4, -0.2) is 35.2 Å². The van der Waals surface area contributed by atoms with E-state index < -0.39 is 5.91 Å². The van der Waals surface area contributed by atoms with Crippen LogP contribution in [0.3, 0.4) is 0 Å². The zero-order chi connectivity index (χ0) is 19.4. The number of hydrogen-bond acceptors (Lipinski definition) is 4.